The van der Waals surface area contributed by atoms with Crippen LogP contribution in [0.3, 0.4) is 0 Å². The molecule has 1 aromatic rings. The molecular weight excluding hydrogens is 239 g/mol. The van der Waals surface area contributed by atoms with E-state index in [-0.39, 0.29) is 16.9 Å². The summed E-state index contributed by atoms with van der Waals surface area (Å²) < 4.78 is 13.2. The number of likely N-dealkylation sites (tertiary alicyclic amines) is 1. The molecular formula is C16H23FN2. The molecule has 0 amide bonds. The largest absolute Gasteiger partial charge is 0.329 e. The Morgan fingerprint density at radius 3 is 2.37 bits per heavy atom. The molecule has 3 heteroatoms. The summed E-state index contributed by atoms with van der Waals surface area (Å²) in [6.07, 6.45) is 6.00. The van der Waals surface area contributed by atoms with Gasteiger partial charge in [0.05, 0.1) is 0 Å². The maximum atomic E-state index is 13.2. The number of hydrogen-bond acceptors (Lipinski definition) is 2. The molecule has 1 saturated carbocycles. The summed E-state index contributed by atoms with van der Waals surface area (Å²) in [6.45, 7) is 4.10. The summed E-state index contributed by atoms with van der Waals surface area (Å²) in [5.41, 5.74) is 7.52. The summed E-state index contributed by atoms with van der Waals surface area (Å²) in [7, 11) is 0. The van der Waals surface area contributed by atoms with E-state index in [1.807, 2.05) is 12.1 Å². The van der Waals surface area contributed by atoms with Crippen molar-refractivity contribution in [2.24, 2.45) is 5.73 Å². The second kappa shape index (κ2) is 4.57. The van der Waals surface area contributed by atoms with Gasteiger partial charge in [0.2, 0.25) is 0 Å². The zero-order valence-electron chi connectivity index (χ0n) is 11.7. The van der Waals surface area contributed by atoms with Crippen molar-refractivity contribution in [3.05, 3.63) is 35.6 Å². The normalized spacial score (nSPS) is 30.3. The zero-order valence-corrected chi connectivity index (χ0v) is 11.7. The van der Waals surface area contributed by atoms with E-state index in [2.05, 4.69) is 11.8 Å². The highest BCUT2D eigenvalue weighted by atomic mass is 19.1. The minimum Gasteiger partial charge on any atom is -0.329 e. The molecule has 1 saturated heterocycles. The topological polar surface area (TPSA) is 29.3 Å². The van der Waals surface area contributed by atoms with E-state index in [4.69, 9.17) is 5.73 Å². The molecule has 2 nitrogen and oxygen atoms in total. The highest BCUT2D eigenvalue weighted by Crippen LogP contribution is 2.51. The van der Waals surface area contributed by atoms with Crippen LogP contribution in [-0.2, 0) is 5.54 Å². The first-order chi connectivity index (χ1) is 9.11. The number of benzene rings is 1. The third kappa shape index (κ3) is 1.91. The average Bonchev–Trinajstić information content (AvgIpc) is 2.74. The molecule has 0 bridgehead atoms. The van der Waals surface area contributed by atoms with E-state index in [9.17, 15) is 4.39 Å². The molecule has 2 aliphatic rings. The maximum absolute atomic E-state index is 13.2. The fourth-order valence-electron chi connectivity index (χ4n) is 3.95. The third-order valence-electron chi connectivity index (χ3n) is 5.27. The van der Waals surface area contributed by atoms with Crippen LogP contribution in [-0.4, -0.2) is 23.5 Å². The SMILES string of the molecule is C[C@]1(CN)CCCN1C1(c2ccc(F)cc2)CCC1. The van der Waals surface area contributed by atoms with E-state index in [1.54, 1.807) is 12.1 Å². The van der Waals surface area contributed by atoms with Gasteiger partial charge in [-0.25, -0.2) is 4.39 Å². The molecule has 2 fully saturated rings. The second-order valence-electron chi connectivity index (χ2n) is 6.35. The highest BCUT2D eigenvalue weighted by Gasteiger charge is 2.51. The predicted molar refractivity (Wildman–Crippen MR) is 75.3 cm³/mol. The van der Waals surface area contributed by atoms with Crippen molar-refractivity contribution in [2.45, 2.75) is 50.1 Å². The smallest absolute Gasteiger partial charge is 0.123 e. The predicted octanol–water partition coefficient (Wildman–Crippen LogP) is 3.02. The van der Waals surface area contributed by atoms with Crippen LogP contribution in [0.4, 0.5) is 4.39 Å². The van der Waals surface area contributed by atoms with Crippen molar-refractivity contribution in [1.82, 2.24) is 4.90 Å². The standard InChI is InChI=1S/C16H23FN2/c1-15(12-18)8-3-11-19(15)16(9-2-10-16)13-4-6-14(17)7-5-13/h4-7H,2-3,8-12,18H2,1H3/t15-/m1/s1. The molecule has 0 radical (unpaired) electrons. The Morgan fingerprint density at radius 1 is 1.16 bits per heavy atom. The monoisotopic (exact) mass is 262 g/mol. The second-order valence-corrected chi connectivity index (χ2v) is 6.35. The lowest BCUT2D eigenvalue weighted by Gasteiger charge is -2.55. The Balaban J connectivity index is 1.97. The summed E-state index contributed by atoms with van der Waals surface area (Å²) in [5.74, 6) is -0.152. The molecule has 0 aromatic heterocycles. The van der Waals surface area contributed by atoms with Gasteiger partial charge in [0.25, 0.3) is 0 Å². The zero-order chi connectivity index (χ0) is 13.5. The van der Waals surface area contributed by atoms with Crippen molar-refractivity contribution < 1.29 is 4.39 Å². The first-order valence-electron chi connectivity index (χ1n) is 7.35. The minimum atomic E-state index is -0.152. The highest BCUT2D eigenvalue weighted by molar-refractivity contribution is 5.29. The Kier molecular flexibility index (Phi) is 3.14. The number of rotatable bonds is 3. The van der Waals surface area contributed by atoms with Crippen LogP contribution in [0.2, 0.25) is 0 Å². The van der Waals surface area contributed by atoms with Crippen molar-refractivity contribution >= 4 is 0 Å². The van der Waals surface area contributed by atoms with Crippen molar-refractivity contribution in [1.29, 1.82) is 0 Å². The lowest BCUT2D eigenvalue weighted by Crippen LogP contribution is -2.60. The fourth-order valence-corrected chi connectivity index (χ4v) is 3.95. The number of nitrogens with zero attached hydrogens (tertiary/aromatic N) is 1. The molecule has 19 heavy (non-hydrogen) atoms. The fraction of sp³-hybridized carbons (Fsp3) is 0.625. The molecule has 1 aliphatic carbocycles. The summed E-state index contributed by atoms with van der Waals surface area (Å²) in [4.78, 5) is 2.61. The summed E-state index contributed by atoms with van der Waals surface area (Å²) in [5, 5.41) is 0. The molecule has 1 aromatic carbocycles. The molecule has 3 rings (SSSR count). The van der Waals surface area contributed by atoms with Crippen LogP contribution in [0.15, 0.2) is 24.3 Å². The van der Waals surface area contributed by atoms with Gasteiger partial charge in [-0.1, -0.05) is 12.1 Å². The number of halogens is 1. The van der Waals surface area contributed by atoms with Crippen molar-refractivity contribution in [2.75, 3.05) is 13.1 Å². The van der Waals surface area contributed by atoms with Gasteiger partial charge in [-0.05, 0) is 63.3 Å². The van der Waals surface area contributed by atoms with Crippen LogP contribution in [0.5, 0.6) is 0 Å². The Bertz CT molecular complexity index is 452. The van der Waals surface area contributed by atoms with Gasteiger partial charge in [-0.2, -0.15) is 0 Å². The van der Waals surface area contributed by atoms with Crippen LogP contribution in [0, 0.1) is 5.82 Å². The Labute approximate surface area is 114 Å². The van der Waals surface area contributed by atoms with Gasteiger partial charge in [-0.3, -0.25) is 4.90 Å². The Hall–Kier alpha value is -0.930. The minimum absolute atomic E-state index is 0.106. The number of hydrogen-bond donors (Lipinski definition) is 1. The van der Waals surface area contributed by atoms with E-state index in [1.165, 1.54) is 37.7 Å². The van der Waals surface area contributed by atoms with Gasteiger partial charge < -0.3 is 5.73 Å². The van der Waals surface area contributed by atoms with E-state index in [0.717, 1.165) is 6.54 Å². The first-order valence-corrected chi connectivity index (χ1v) is 7.35. The van der Waals surface area contributed by atoms with Crippen LogP contribution >= 0.6 is 0 Å². The lowest BCUT2D eigenvalue weighted by atomic mass is 9.69. The summed E-state index contributed by atoms with van der Waals surface area (Å²) >= 11 is 0. The van der Waals surface area contributed by atoms with Gasteiger partial charge >= 0.3 is 0 Å². The van der Waals surface area contributed by atoms with Crippen LogP contribution in [0.1, 0.15) is 44.6 Å². The third-order valence-corrected chi connectivity index (χ3v) is 5.27. The molecule has 1 atom stereocenters. The average molecular weight is 262 g/mol. The molecule has 104 valence electrons. The van der Waals surface area contributed by atoms with Crippen molar-refractivity contribution in [3.8, 4) is 0 Å². The molecule has 1 heterocycles. The van der Waals surface area contributed by atoms with E-state index in [0.29, 0.717) is 6.54 Å². The van der Waals surface area contributed by atoms with Gasteiger partial charge in [0.1, 0.15) is 5.82 Å². The van der Waals surface area contributed by atoms with Crippen LogP contribution in [0.25, 0.3) is 0 Å². The first kappa shape index (κ1) is 13.1. The van der Waals surface area contributed by atoms with Crippen LogP contribution < -0.4 is 5.73 Å². The van der Waals surface area contributed by atoms with E-state index < -0.39 is 0 Å². The van der Waals surface area contributed by atoms with E-state index >= 15 is 0 Å². The molecule has 1 aliphatic heterocycles. The van der Waals surface area contributed by atoms with Gasteiger partial charge in [-0.15, -0.1) is 0 Å². The lowest BCUT2D eigenvalue weighted by molar-refractivity contribution is -0.0355. The Morgan fingerprint density at radius 2 is 1.84 bits per heavy atom. The van der Waals surface area contributed by atoms with Gasteiger partial charge in [0.15, 0.2) is 0 Å². The van der Waals surface area contributed by atoms with Gasteiger partial charge in [0, 0.05) is 17.6 Å². The molecule has 0 unspecified atom stereocenters. The molecule has 0 spiro atoms. The van der Waals surface area contributed by atoms with Crippen molar-refractivity contribution in [3.63, 3.8) is 0 Å². The summed E-state index contributed by atoms with van der Waals surface area (Å²) in [6, 6.07) is 7.10. The maximum Gasteiger partial charge on any atom is 0.123 e. The molecule has 2 N–H and O–H groups in total. The number of nitrogens with two attached hydrogens (primary N) is 1. The quantitative estimate of drug-likeness (QED) is 0.907.